The van der Waals surface area contributed by atoms with Gasteiger partial charge in [-0.2, -0.15) is 0 Å². The van der Waals surface area contributed by atoms with Gasteiger partial charge < -0.3 is 15.5 Å². The zero-order chi connectivity index (χ0) is 19.2. The highest BCUT2D eigenvalue weighted by Gasteiger charge is 2.25. The van der Waals surface area contributed by atoms with E-state index in [0.717, 1.165) is 16.7 Å². The second kappa shape index (κ2) is 10.2. The van der Waals surface area contributed by atoms with Crippen LogP contribution in [0.4, 0.5) is 0 Å². The van der Waals surface area contributed by atoms with Gasteiger partial charge in [0.15, 0.2) is 0 Å². The molecule has 2 N–H and O–H groups in total. The highest BCUT2D eigenvalue weighted by atomic mass is 35.5. The third-order valence-electron chi connectivity index (χ3n) is 5.21. The molecule has 5 nitrogen and oxygen atoms in total. The van der Waals surface area contributed by atoms with Crippen molar-refractivity contribution in [2.24, 2.45) is 5.73 Å². The Hall–Kier alpha value is -2.37. The molecule has 2 amide bonds. The van der Waals surface area contributed by atoms with Crippen LogP contribution in [0.1, 0.15) is 29.2 Å². The minimum absolute atomic E-state index is 0. The molecule has 6 heteroatoms. The number of aryl methyl sites for hydroxylation is 1. The van der Waals surface area contributed by atoms with Crippen molar-refractivity contribution in [3.05, 3.63) is 71.3 Å². The molecule has 0 aliphatic carbocycles. The highest BCUT2D eigenvalue weighted by Crippen LogP contribution is 2.16. The molecule has 1 fully saturated rings. The molecule has 1 aliphatic rings. The largest absolute Gasteiger partial charge is 0.339 e. The maximum Gasteiger partial charge on any atom is 0.227 e. The average molecular weight is 402 g/mol. The lowest BCUT2D eigenvalue weighted by molar-refractivity contribution is -0.139. The van der Waals surface area contributed by atoms with Gasteiger partial charge >= 0.3 is 0 Å². The molecule has 2 aromatic rings. The van der Waals surface area contributed by atoms with Crippen LogP contribution in [0, 0.1) is 6.92 Å². The van der Waals surface area contributed by atoms with E-state index in [-0.39, 0.29) is 30.3 Å². The fourth-order valence-corrected chi connectivity index (χ4v) is 3.42. The molecular formula is C22H28ClN3O2. The van der Waals surface area contributed by atoms with Crippen LogP contribution in [0.5, 0.6) is 0 Å². The first kappa shape index (κ1) is 21.9. The van der Waals surface area contributed by atoms with Gasteiger partial charge in [0, 0.05) is 38.6 Å². The molecular weight excluding hydrogens is 374 g/mol. The van der Waals surface area contributed by atoms with Crippen LogP contribution in [0.3, 0.4) is 0 Å². The zero-order valence-corrected chi connectivity index (χ0v) is 17.0. The van der Waals surface area contributed by atoms with Gasteiger partial charge in [-0.05, 0) is 23.6 Å². The Kier molecular flexibility index (Phi) is 8.03. The molecule has 0 bridgehead atoms. The molecule has 0 saturated carbocycles. The van der Waals surface area contributed by atoms with Crippen LogP contribution >= 0.6 is 12.4 Å². The van der Waals surface area contributed by atoms with Crippen LogP contribution in [-0.2, 0) is 16.0 Å². The molecule has 2 aromatic carbocycles. The lowest BCUT2D eigenvalue weighted by Gasteiger charge is -2.35. The van der Waals surface area contributed by atoms with E-state index in [0.29, 0.717) is 39.0 Å². The second-order valence-corrected chi connectivity index (χ2v) is 7.09. The van der Waals surface area contributed by atoms with Crippen molar-refractivity contribution < 1.29 is 9.59 Å². The molecule has 1 saturated heterocycles. The Balaban J connectivity index is 0.00000280. The quantitative estimate of drug-likeness (QED) is 0.837. The van der Waals surface area contributed by atoms with Crippen LogP contribution in [-0.4, -0.2) is 47.8 Å². The first-order valence-electron chi connectivity index (χ1n) is 9.45. The molecule has 1 aliphatic heterocycles. The lowest BCUT2D eigenvalue weighted by Crippen LogP contribution is -2.51. The molecule has 3 rings (SSSR count). The van der Waals surface area contributed by atoms with Crippen LogP contribution in [0.25, 0.3) is 0 Å². The van der Waals surface area contributed by atoms with Crippen molar-refractivity contribution in [1.29, 1.82) is 0 Å². The van der Waals surface area contributed by atoms with Gasteiger partial charge in [-0.1, -0.05) is 54.6 Å². The van der Waals surface area contributed by atoms with Crippen molar-refractivity contribution >= 4 is 24.2 Å². The summed E-state index contributed by atoms with van der Waals surface area (Å²) in [4.78, 5) is 28.8. The van der Waals surface area contributed by atoms with E-state index in [2.05, 4.69) is 0 Å². The van der Waals surface area contributed by atoms with Crippen molar-refractivity contribution in [1.82, 2.24) is 9.80 Å². The van der Waals surface area contributed by atoms with E-state index in [1.807, 2.05) is 71.3 Å². The number of carbonyl (C=O) groups is 2. The topological polar surface area (TPSA) is 66.6 Å². The fourth-order valence-electron chi connectivity index (χ4n) is 3.42. The normalized spacial score (nSPS) is 14.9. The molecule has 28 heavy (non-hydrogen) atoms. The summed E-state index contributed by atoms with van der Waals surface area (Å²) in [6.45, 7) is 4.32. The van der Waals surface area contributed by atoms with Crippen LogP contribution < -0.4 is 5.73 Å². The maximum atomic E-state index is 12.6. The molecule has 0 spiro atoms. The van der Waals surface area contributed by atoms with Gasteiger partial charge in [0.2, 0.25) is 11.8 Å². The number of nitrogens with zero attached hydrogens (tertiary/aromatic N) is 2. The second-order valence-electron chi connectivity index (χ2n) is 7.09. The van der Waals surface area contributed by atoms with Crippen molar-refractivity contribution in [2.45, 2.75) is 25.8 Å². The first-order chi connectivity index (χ1) is 13.0. The van der Waals surface area contributed by atoms with Gasteiger partial charge in [0.1, 0.15) is 0 Å². The molecule has 150 valence electrons. The summed E-state index contributed by atoms with van der Waals surface area (Å²) in [7, 11) is 0. The Bertz CT molecular complexity index is 789. The highest BCUT2D eigenvalue weighted by molar-refractivity contribution is 5.85. The minimum atomic E-state index is -0.292. The number of amides is 2. The zero-order valence-electron chi connectivity index (χ0n) is 16.2. The predicted octanol–water partition coefficient (Wildman–Crippen LogP) is 2.72. The monoisotopic (exact) mass is 401 g/mol. The number of carbonyl (C=O) groups excluding carboxylic acids is 2. The number of hydrogen-bond donors (Lipinski definition) is 1. The summed E-state index contributed by atoms with van der Waals surface area (Å²) < 4.78 is 0. The smallest absolute Gasteiger partial charge is 0.227 e. The molecule has 0 radical (unpaired) electrons. The maximum absolute atomic E-state index is 12.6. The van der Waals surface area contributed by atoms with E-state index < -0.39 is 0 Å². The van der Waals surface area contributed by atoms with E-state index in [4.69, 9.17) is 5.73 Å². The summed E-state index contributed by atoms with van der Waals surface area (Å²) in [5, 5.41) is 0. The molecule has 0 aromatic heterocycles. The average Bonchev–Trinajstić information content (AvgIpc) is 2.70. The number of halogens is 1. The van der Waals surface area contributed by atoms with Gasteiger partial charge in [0.05, 0.1) is 6.42 Å². The SMILES string of the molecule is Cc1ccccc1CC(=O)N1CCN(C(=O)CC(N)c2ccccc2)CC1.Cl. The Morgan fingerprint density at radius 2 is 1.43 bits per heavy atom. The number of nitrogens with two attached hydrogens (primary N) is 1. The minimum Gasteiger partial charge on any atom is -0.339 e. The van der Waals surface area contributed by atoms with Crippen molar-refractivity contribution in [3.63, 3.8) is 0 Å². The summed E-state index contributed by atoms with van der Waals surface area (Å²) in [6.07, 6.45) is 0.709. The van der Waals surface area contributed by atoms with Gasteiger partial charge in [-0.15, -0.1) is 12.4 Å². The Morgan fingerprint density at radius 1 is 0.893 bits per heavy atom. The van der Waals surface area contributed by atoms with Crippen LogP contribution in [0.15, 0.2) is 54.6 Å². The van der Waals surface area contributed by atoms with Gasteiger partial charge in [-0.25, -0.2) is 0 Å². The van der Waals surface area contributed by atoms with Crippen molar-refractivity contribution in [2.75, 3.05) is 26.2 Å². The van der Waals surface area contributed by atoms with E-state index in [9.17, 15) is 9.59 Å². The first-order valence-corrected chi connectivity index (χ1v) is 9.45. The number of rotatable bonds is 5. The van der Waals surface area contributed by atoms with Crippen molar-refractivity contribution in [3.8, 4) is 0 Å². The summed E-state index contributed by atoms with van der Waals surface area (Å²) >= 11 is 0. The molecule has 1 unspecified atom stereocenters. The predicted molar refractivity (Wildman–Crippen MR) is 113 cm³/mol. The Morgan fingerprint density at radius 3 is 2.04 bits per heavy atom. The summed E-state index contributed by atoms with van der Waals surface area (Å²) in [5.41, 5.74) is 9.33. The number of hydrogen-bond acceptors (Lipinski definition) is 3. The summed E-state index contributed by atoms with van der Waals surface area (Å²) in [5.74, 6) is 0.176. The van der Waals surface area contributed by atoms with E-state index in [1.165, 1.54) is 0 Å². The van der Waals surface area contributed by atoms with Gasteiger partial charge in [0.25, 0.3) is 0 Å². The van der Waals surface area contributed by atoms with E-state index >= 15 is 0 Å². The van der Waals surface area contributed by atoms with Crippen LogP contribution in [0.2, 0.25) is 0 Å². The van der Waals surface area contributed by atoms with E-state index in [1.54, 1.807) is 0 Å². The number of benzene rings is 2. The summed E-state index contributed by atoms with van der Waals surface area (Å²) in [6, 6.07) is 17.4. The fraction of sp³-hybridized carbons (Fsp3) is 0.364. The number of piperazine rings is 1. The van der Waals surface area contributed by atoms with Gasteiger partial charge in [-0.3, -0.25) is 9.59 Å². The third-order valence-corrected chi connectivity index (χ3v) is 5.21. The Labute approximate surface area is 172 Å². The standard InChI is InChI=1S/C22H27N3O2.ClH/c1-17-7-5-6-10-19(17)15-21(26)24-11-13-25(14-12-24)22(27)16-20(23)18-8-3-2-4-9-18;/h2-10,20H,11-16,23H2,1H3;1H. The lowest BCUT2D eigenvalue weighted by atomic mass is 10.0. The molecule has 1 heterocycles. The third kappa shape index (κ3) is 5.57. The molecule has 1 atom stereocenters.